The van der Waals surface area contributed by atoms with Crippen LogP contribution in [0.4, 0.5) is 18.9 Å². The minimum Gasteiger partial charge on any atom is -0.508 e. The number of carbonyl (C=O) groups excluding carboxylic acids is 1. The first kappa shape index (κ1) is 19.3. The fourth-order valence-corrected chi connectivity index (χ4v) is 2.67. The van der Waals surface area contributed by atoms with Crippen LogP contribution in [0.25, 0.3) is 11.4 Å². The second-order valence-corrected chi connectivity index (χ2v) is 6.05. The predicted octanol–water partition coefficient (Wildman–Crippen LogP) is 4.44. The Morgan fingerprint density at radius 1 is 1.04 bits per heavy atom. The molecule has 1 aromatic heterocycles. The number of aromatic nitrogens is 2. The molecular weight excluding hydrogens is 371 g/mol. The van der Waals surface area contributed by atoms with Gasteiger partial charge in [-0.2, -0.15) is 13.2 Å². The molecule has 0 aliphatic rings. The van der Waals surface area contributed by atoms with Gasteiger partial charge in [0.05, 0.1) is 23.6 Å². The van der Waals surface area contributed by atoms with E-state index >= 15 is 0 Å². The van der Waals surface area contributed by atoms with E-state index in [9.17, 15) is 23.1 Å². The summed E-state index contributed by atoms with van der Waals surface area (Å²) in [7, 11) is 0. The molecule has 3 aromatic rings. The van der Waals surface area contributed by atoms with Crippen LogP contribution in [0.2, 0.25) is 0 Å². The summed E-state index contributed by atoms with van der Waals surface area (Å²) in [6.07, 6.45) is -1.81. The van der Waals surface area contributed by atoms with E-state index in [4.69, 9.17) is 0 Å². The quantitative estimate of drug-likeness (QED) is 0.679. The standard InChI is InChI=1S/C20H16F3N3O2/c21-20(22,23)17-7-2-1-4-13(17)8-9-18(28)26-15-11-24-19(25-12-15)14-5-3-6-16(27)10-14/h1-7,10-12,27H,8-9H2,(H,26,28). The van der Waals surface area contributed by atoms with Gasteiger partial charge >= 0.3 is 6.18 Å². The van der Waals surface area contributed by atoms with Gasteiger partial charge in [0.15, 0.2) is 5.82 Å². The number of anilines is 1. The summed E-state index contributed by atoms with van der Waals surface area (Å²) in [6, 6.07) is 11.6. The molecule has 0 aliphatic carbocycles. The van der Waals surface area contributed by atoms with Gasteiger partial charge in [-0.25, -0.2) is 9.97 Å². The third kappa shape index (κ3) is 4.85. The van der Waals surface area contributed by atoms with Crippen LogP contribution >= 0.6 is 0 Å². The molecule has 8 heteroatoms. The van der Waals surface area contributed by atoms with Crippen molar-refractivity contribution in [3.63, 3.8) is 0 Å². The highest BCUT2D eigenvalue weighted by atomic mass is 19.4. The summed E-state index contributed by atoms with van der Waals surface area (Å²) < 4.78 is 39.0. The highest BCUT2D eigenvalue weighted by molar-refractivity contribution is 5.90. The van der Waals surface area contributed by atoms with Gasteiger partial charge < -0.3 is 10.4 Å². The molecule has 3 rings (SSSR count). The summed E-state index contributed by atoms with van der Waals surface area (Å²) in [5, 5.41) is 12.1. The molecule has 0 aliphatic heterocycles. The zero-order chi connectivity index (χ0) is 20.1. The normalized spacial score (nSPS) is 11.2. The molecule has 0 unspecified atom stereocenters. The second-order valence-electron chi connectivity index (χ2n) is 6.05. The lowest BCUT2D eigenvalue weighted by molar-refractivity contribution is -0.138. The van der Waals surface area contributed by atoms with Gasteiger partial charge in [0.1, 0.15) is 5.75 Å². The largest absolute Gasteiger partial charge is 0.508 e. The molecule has 0 radical (unpaired) electrons. The third-order valence-electron chi connectivity index (χ3n) is 3.98. The number of nitrogens with zero attached hydrogens (tertiary/aromatic N) is 2. The average Bonchev–Trinajstić information content (AvgIpc) is 2.66. The van der Waals surface area contributed by atoms with Gasteiger partial charge in [-0.05, 0) is 30.2 Å². The van der Waals surface area contributed by atoms with Crippen molar-refractivity contribution in [3.8, 4) is 17.1 Å². The first-order valence-electron chi connectivity index (χ1n) is 8.39. The van der Waals surface area contributed by atoms with Gasteiger partial charge in [0, 0.05) is 12.0 Å². The molecule has 0 fully saturated rings. The molecular formula is C20H16F3N3O2. The van der Waals surface area contributed by atoms with Crippen molar-refractivity contribution in [3.05, 3.63) is 72.1 Å². The van der Waals surface area contributed by atoms with Gasteiger partial charge in [0.25, 0.3) is 0 Å². The Bertz CT molecular complexity index is 973. The number of nitrogens with one attached hydrogen (secondary N) is 1. The lowest BCUT2D eigenvalue weighted by Gasteiger charge is -2.12. The predicted molar refractivity (Wildman–Crippen MR) is 97.5 cm³/mol. The minimum absolute atomic E-state index is 0.0379. The van der Waals surface area contributed by atoms with Crippen molar-refractivity contribution in [2.24, 2.45) is 0 Å². The van der Waals surface area contributed by atoms with Crippen LogP contribution in [0.3, 0.4) is 0 Å². The van der Waals surface area contributed by atoms with Gasteiger partial charge in [-0.1, -0.05) is 30.3 Å². The lowest BCUT2D eigenvalue weighted by atomic mass is 10.0. The maximum absolute atomic E-state index is 13.0. The molecule has 1 amide bonds. The first-order valence-corrected chi connectivity index (χ1v) is 8.39. The first-order chi connectivity index (χ1) is 13.3. The second kappa shape index (κ2) is 8.08. The highest BCUT2D eigenvalue weighted by Gasteiger charge is 2.32. The van der Waals surface area contributed by atoms with Crippen molar-refractivity contribution in [1.29, 1.82) is 0 Å². The van der Waals surface area contributed by atoms with E-state index in [1.807, 2.05) is 0 Å². The average molecular weight is 387 g/mol. The lowest BCUT2D eigenvalue weighted by Crippen LogP contribution is -2.15. The van der Waals surface area contributed by atoms with Gasteiger partial charge in [-0.3, -0.25) is 4.79 Å². The van der Waals surface area contributed by atoms with Crippen LogP contribution < -0.4 is 5.32 Å². The van der Waals surface area contributed by atoms with Crippen molar-refractivity contribution < 1.29 is 23.1 Å². The minimum atomic E-state index is -4.46. The van der Waals surface area contributed by atoms with E-state index in [2.05, 4.69) is 15.3 Å². The fraction of sp³-hybridized carbons (Fsp3) is 0.150. The molecule has 0 saturated heterocycles. The monoisotopic (exact) mass is 387 g/mol. The summed E-state index contributed by atoms with van der Waals surface area (Å²) in [5.41, 5.74) is 0.280. The van der Waals surface area contributed by atoms with Crippen molar-refractivity contribution in [1.82, 2.24) is 9.97 Å². The third-order valence-corrected chi connectivity index (χ3v) is 3.98. The Morgan fingerprint density at radius 3 is 2.43 bits per heavy atom. The number of amides is 1. The Labute approximate surface area is 158 Å². The molecule has 144 valence electrons. The van der Waals surface area contributed by atoms with Crippen LogP contribution in [-0.4, -0.2) is 21.0 Å². The van der Waals surface area contributed by atoms with E-state index in [0.717, 1.165) is 6.07 Å². The maximum Gasteiger partial charge on any atom is 0.416 e. The number of phenols is 1. The molecule has 1 heterocycles. The molecule has 0 spiro atoms. The van der Waals surface area contributed by atoms with E-state index in [1.165, 1.54) is 42.7 Å². The number of hydrogen-bond acceptors (Lipinski definition) is 4. The fourth-order valence-electron chi connectivity index (χ4n) is 2.67. The van der Waals surface area contributed by atoms with Crippen LogP contribution in [0.1, 0.15) is 17.5 Å². The van der Waals surface area contributed by atoms with E-state index < -0.39 is 17.6 Å². The number of phenolic OH excluding ortho intramolecular Hbond substituents is 1. The Morgan fingerprint density at radius 2 is 1.75 bits per heavy atom. The molecule has 5 nitrogen and oxygen atoms in total. The topological polar surface area (TPSA) is 75.1 Å². The van der Waals surface area contributed by atoms with E-state index in [-0.39, 0.29) is 24.2 Å². The van der Waals surface area contributed by atoms with Crippen molar-refractivity contribution in [2.45, 2.75) is 19.0 Å². The van der Waals surface area contributed by atoms with Crippen molar-refractivity contribution in [2.75, 3.05) is 5.32 Å². The summed E-state index contributed by atoms with van der Waals surface area (Å²) in [6.45, 7) is 0. The zero-order valence-electron chi connectivity index (χ0n) is 14.6. The number of carbonyl (C=O) groups is 1. The molecule has 0 saturated carbocycles. The van der Waals surface area contributed by atoms with Crippen LogP contribution in [0.15, 0.2) is 60.9 Å². The molecule has 0 bridgehead atoms. The molecule has 0 atom stereocenters. The number of hydrogen-bond donors (Lipinski definition) is 2. The zero-order valence-corrected chi connectivity index (χ0v) is 14.6. The summed E-state index contributed by atoms with van der Waals surface area (Å²) in [5.74, 6) is 0.0105. The Hall–Kier alpha value is -3.42. The number of halogens is 3. The van der Waals surface area contributed by atoms with Gasteiger partial charge in [-0.15, -0.1) is 0 Å². The Kier molecular flexibility index (Phi) is 5.58. The maximum atomic E-state index is 13.0. The van der Waals surface area contributed by atoms with Crippen molar-refractivity contribution >= 4 is 11.6 Å². The van der Waals surface area contributed by atoms with E-state index in [0.29, 0.717) is 17.1 Å². The molecule has 2 aromatic carbocycles. The van der Waals surface area contributed by atoms with Crippen LogP contribution in [0.5, 0.6) is 5.75 Å². The summed E-state index contributed by atoms with van der Waals surface area (Å²) >= 11 is 0. The number of aryl methyl sites for hydroxylation is 1. The number of benzene rings is 2. The van der Waals surface area contributed by atoms with Crippen LogP contribution in [0, 0.1) is 0 Å². The summed E-state index contributed by atoms with van der Waals surface area (Å²) in [4.78, 5) is 20.3. The number of aromatic hydroxyl groups is 1. The number of alkyl halides is 3. The smallest absolute Gasteiger partial charge is 0.416 e. The molecule has 2 N–H and O–H groups in total. The highest BCUT2D eigenvalue weighted by Crippen LogP contribution is 2.32. The van der Waals surface area contributed by atoms with E-state index in [1.54, 1.807) is 12.1 Å². The molecule has 28 heavy (non-hydrogen) atoms. The SMILES string of the molecule is O=C(CCc1ccccc1C(F)(F)F)Nc1cnc(-c2cccc(O)c2)nc1. The van der Waals surface area contributed by atoms with Gasteiger partial charge in [0.2, 0.25) is 5.91 Å². The number of rotatable bonds is 5. The van der Waals surface area contributed by atoms with Crippen LogP contribution in [-0.2, 0) is 17.4 Å². The Balaban J connectivity index is 1.62.